The zero-order valence-electron chi connectivity index (χ0n) is 11.7. The van der Waals surface area contributed by atoms with Crippen LogP contribution in [0.25, 0.3) is 22.8 Å². The number of nitrogens with zero attached hydrogens (tertiary/aromatic N) is 2. The summed E-state index contributed by atoms with van der Waals surface area (Å²) in [5.74, 6) is 0.507. The molecule has 106 valence electrons. The van der Waals surface area contributed by atoms with Gasteiger partial charge in [-0.2, -0.15) is 4.98 Å². The topological polar surface area (TPSA) is 51.0 Å². The molecule has 0 unspecified atom stereocenters. The van der Waals surface area contributed by atoms with Gasteiger partial charge in [0.15, 0.2) is 0 Å². The second-order valence-electron chi connectivity index (χ2n) is 4.71. The third kappa shape index (κ3) is 2.63. The Morgan fingerprint density at radius 2 is 1.76 bits per heavy atom. The van der Waals surface area contributed by atoms with E-state index >= 15 is 0 Å². The largest absolute Gasteiger partial charge is 0.388 e. The SMILES string of the molecule is CNc1ccc(-c2nc(-c3ccc(C)c(F)c3)no2)cc1. The molecule has 2 aromatic carbocycles. The van der Waals surface area contributed by atoms with E-state index in [-0.39, 0.29) is 5.82 Å². The van der Waals surface area contributed by atoms with E-state index in [0.717, 1.165) is 11.3 Å². The molecule has 21 heavy (non-hydrogen) atoms. The van der Waals surface area contributed by atoms with Gasteiger partial charge in [0.2, 0.25) is 5.82 Å². The van der Waals surface area contributed by atoms with Crippen LogP contribution in [0.4, 0.5) is 10.1 Å². The van der Waals surface area contributed by atoms with Gasteiger partial charge in [-0.1, -0.05) is 17.3 Å². The van der Waals surface area contributed by atoms with E-state index < -0.39 is 0 Å². The number of benzene rings is 2. The van der Waals surface area contributed by atoms with Crippen molar-refractivity contribution in [2.45, 2.75) is 6.92 Å². The number of anilines is 1. The second kappa shape index (κ2) is 5.36. The first-order chi connectivity index (χ1) is 10.2. The quantitative estimate of drug-likeness (QED) is 0.792. The maximum atomic E-state index is 13.6. The van der Waals surface area contributed by atoms with Crippen molar-refractivity contribution in [2.24, 2.45) is 0 Å². The number of aromatic nitrogens is 2. The highest BCUT2D eigenvalue weighted by atomic mass is 19.1. The predicted molar refractivity (Wildman–Crippen MR) is 79.4 cm³/mol. The zero-order chi connectivity index (χ0) is 14.8. The van der Waals surface area contributed by atoms with Gasteiger partial charge in [-0.25, -0.2) is 4.39 Å². The van der Waals surface area contributed by atoms with Gasteiger partial charge in [0.05, 0.1) is 0 Å². The van der Waals surface area contributed by atoms with Crippen LogP contribution in [0.5, 0.6) is 0 Å². The molecule has 3 aromatic rings. The lowest BCUT2D eigenvalue weighted by Crippen LogP contribution is -1.87. The van der Waals surface area contributed by atoms with Crippen LogP contribution in [0.3, 0.4) is 0 Å². The summed E-state index contributed by atoms with van der Waals surface area (Å²) < 4.78 is 18.8. The molecule has 0 saturated carbocycles. The third-order valence-corrected chi connectivity index (χ3v) is 3.28. The normalized spacial score (nSPS) is 10.6. The molecule has 0 atom stereocenters. The van der Waals surface area contributed by atoms with Crippen molar-refractivity contribution in [1.82, 2.24) is 10.1 Å². The summed E-state index contributed by atoms with van der Waals surface area (Å²) in [4.78, 5) is 4.31. The number of nitrogens with one attached hydrogen (secondary N) is 1. The lowest BCUT2D eigenvalue weighted by molar-refractivity contribution is 0.432. The number of halogens is 1. The molecule has 0 radical (unpaired) electrons. The summed E-state index contributed by atoms with van der Waals surface area (Å²) in [5, 5.41) is 6.95. The zero-order valence-corrected chi connectivity index (χ0v) is 11.7. The highest BCUT2D eigenvalue weighted by Gasteiger charge is 2.11. The Morgan fingerprint density at radius 3 is 2.43 bits per heavy atom. The Balaban J connectivity index is 1.93. The summed E-state index contributed by atoms with van der Waals surface area (Å²) in [6.07, 6.45) is 0. The molecular formula is C16H14FN3O. The Bertz CT molecular complexity index is 765. The molecule has 0 amide bonds. The van der Waals surface area contributed by atoms with Gasteiger partial charge in [0.25, 0.3) is 5.89 Å². The van der Waals surface area contributed by atoms with Crippen molar-refractivity contribution in [1.29, 1.82) is 0 Å². The van der Waals surface area contributed by atoms with E-state index in [1.807, 2.05) is 31.3 Å². The van der Waals surface area contributed by atoms with Crippen LogP contribution in [0.15, 0.2) is 47.0 Å². The van der Waals surface area contributed by atoms with Crippen molar-refractivity contribution < 1.29 is 8.91 Å². The third-order valence-electron chi connectivity index (χ3n) is 3.28. The fourth-order valence-corrected chi connectivity index (χ4v) is 1.97. The Morgan fingerprint density at radius 1 is 1.05 bits per heavy atom. The van der Waals surface area contributed by atoms with Crippen molar-refractivity contribution in [3.63, 3.8) is 0 Å². The summed E-state index contributed by atoms with van der Waals surface area (Å²) in [7, 11) is 1.85. The van der Waals surface area contributed by atoms with Gasteiger partial charge < -0.3 is 9.84 Å². The van der Waals surface area contributed by atoms with Crippen LogP contribution in [-0.2, 0) is 0 Å². The molecule has 4 nitrogen and oxygen atoms in total. The van der Waals surface area contributed by atoms with Crippen LogP contribution in [-0.4, -0.2) is 17.2 Å². The molecule has 0 fully saturated rings. The lowest BCUT2D eigenvalue weighted by Gasteiger charge is -1.99. The molecule has 0 aliphatic heterocycles. The minimum Gasteiger partial charge on any atom is -0.388 e. The van der Waals surface area contributed by atoms with Crippen LogP contribution in [0, 0.1) is 12.7 Å². The summed E-state index contributed by atoms with van der Waals surface area (Å²) in [6.45, 7) is 1.71. The smallest absolute Gasteiger partial charge is 0.258 e. The van der Waals surface area contributed by atoms with E-state index in [2.05, 4.69) is 15.5 Å². The van der Waals surface area contributed by atoms with Crippen molar-refractivity contribution >= 4 is 5.69 Å². The van der Waals surface area contributed by atoms with E-state index in [1.165, 1.54) is 6.07 Å². The summed E-state index contributed by atoms with van der Waals surface area (Å²) in [5.41, 5.74) is 3.00. The molecule has 0 saturated heterocycles. The first-order valence-corrected chi connectivity index (χ1v) is 6.56. The minimum absolute atomic E-state index is 0.280. The molecule has 1 aromatic heterocycles. The van der Waals surface area contributed by atoms with Gasteiger partial charge in [0.1, 0.15) is 5.82 Å². The van der Waals surface area contributed by atoms with Crippen molar-refractivity contribution in [3.8, 4) is 22.8 Å². The lowest BCUT2D eigenvalue weighted by atomic mass is 10.1. The highest BCUT2D eigenvalue weighted by Crippen LogP contribution is 2.24. The minimum atomic E-state index is -0.280. The average Bonchev–Trinajstić information content (AvgIpc) is 3.00. The molecule has 0 spiro atoms. The molecule has 0 bridgehead atoms. The molecule has 0 aliphatic carbocycles. The van der Waals surface area contributed by atoms with Crippen LogP contribution < -0.4 is 5.32 Å². The molecular weight excluding hydrogens is 269 g/mol. The number of hydrogen-bond acceptors (Lipinski definition) is 4. The van der Waals surface area contributed by atoms with E-state index in [1.54, 1.807) is 19.1 Å². The summed E-state index contributed by atoms with van der Waals surface area (Å²) in [6, 6.07) is 12.5. The average molecular weight is 283 g/mol. The first-order valence-electron chi connectivity index (χ1n) is 6.56. The molecule has 5 heteroatoms. The number of hydrogen-bond donors (Lipinski definition) is 1. The van der Waals surface area contributed by atoms with E-state index in [0.29, 0.717) is 22.8 Å². The molecule has 1 N–H and O–H groups in total. The van der Waals surface area contributed by atoms with E-state index in [4.69, 9.17) is 4.52 Å². The Kier molecular flexibility index (Phi) is 3.39. The Labute approximate surface area is 121 Å². The molecule has 3 rings (SSSR count). The van der Waals surface area contributed by atoms with E-state index in [9.17, 15) is 4.39 Å². The maximum absolute atomic E-state index is 13.6. The van der Waals surface area contributed by atoms with Gasteiger partial charge in [-0.3, -0.25) is 0 Å². The van der Waals surface area contributed by atoms with Crippen LogP contribution >= 0.6 is 0 Å². The fraction of sp³-hybridized carbons (Fsp3) is 0.125. The fourth-order valence-electron chi connectivity index (χ4n) is 1.97. The number of rotatable bonds is 3. The predicted octanol–water partition coefficient (Wildman–Crippen LogP) is 3.89. The number of aryl methyl sites for hydroxylation is 1. The highest BCUT2D eigenvalue weighted by molar-refractivity contribution is 5.62. The first kappa shape index (κ1) is 13.3. The monoisotopic (exact) mass is 283 g/mol. The van der Waals surface area contributed by atoms with Gasteiger partial charge in [-0.05, 0) is 42.8 Å². The van der Waals surface area contributed by atoms with Gasteiger partial charge >= 0.3 is 0 Å². The molecule has 1 heterocycles. The molecule has 0 aliphatic rings. The van der Waals surface area contributed by atoms with Crippen LogP contribution in [0.2, 0.25) is 0 Å². The van der Waals surface area contributed by atoms with Gasteiger partial charge in [0, 0.05) is 23.9 Å². The maximum Gasteiger partial charge on any atom is 0.258 e. The van der Waals surface area contributed by atoms with Crippen molar-refractivity contribution in [2.75, 3.05) is 12.4 Å². The summed E-state index contributed by atoms with van der Waals surface area (Å²) >= 11 is 0. The van der Waals surface area contributed by atoms with Gasteiger partial charge in [-0.15, -0.1) is 0 Å². The van der Waals surface area contributed by atoms with Crippen molar-refractivity contribution in [3.05, 3.63) is 53.8 Å². The standard InChI is InChI=1S/C16H14FN3O/c1-10-3-4-12(9-14(10)17)15-19-16(21-20-15)11-5-7-13(18-2)8-6-11/h3-9,18H,1-2H3. The second-order valence-corrected chi connectivity index (χ2v) is 4.71. The van der Waals surface area contributed by atoms with Crippen LogP contribution in [0.1, 0.15) is 5.56 Å². The Hall–Kier alpha value is -2.69.